The van der Waals surface area contributed by atoms with Gasteiger partial charge in [0.05, 0.1) is 11.6 Å². The Labute approximate surface area is 115 Å². The first-order valence-corrected chi connectivity index (χ1v) is 6.59. The number of Topliss-reactive ketones (excluding diaryl/α,β-unsaturated/α-hetero) is 1. The largest absolute Gasteiger partial charge is 0.454 e. The molecule has 0 aliphatic rings. The molecule has 108 valence electrons. The molecular weight excluding hydrogens is 242 g/mol. The fraction of sp³-hybridized carbons (Fsp3) is 0.600. The van der Waals surface area contributed by atoms with Crippen LogP contribution in [0.4, 0.5) is 0 Å². The predicted octanol–water partition coefficient (Wildman–Crippen LogP) is 2.40. The van der Waals surface area contributed by atoms with Crippen LogP contribution < -0.4 is 5.32 Å². The summed E-state index contributed by atoms with van der Waals surface area (Å²) < 4.78 is 5.11. The summed E-state index contributed by atoms with van der Waals surface area (Å²) in [5, 5.41) is 2.82. The molecule has 0 amide bonds. The molecule has 0 spiro atoms. The van der Waals surface area contributed by atoms with Crippen molar-refractivity contribution in [3.8, 4) is 0 Å². The van der Waals surface area contributed by atoms with Crippen molar-refractivity contribution in [2.75, 3.05) is 13.7 Å². The van der Waals surface area contributed by atoms with Crippen LogP contribution in [0, 0.1) is 0 Å². The van der Waals surface area contributed by atoms with E-state index in [0.29, 0.717) is 5.57 Å². The zero-order chi connectivity index (χ0) is 15.0. The van der Waals surface area contributed by atoms with Crippen LogP contribution in [0.2, 0.25) is 0 Å². The smallest absolute Gasteiger partial charge is 0.338 e. The van der Waals surface area contributed by atoms with Gasteiger partial charge in [0.2, 0.25) is 0 Å². The Bertz CT molecular complexity index is 394. The average molecular weight is 267 g/mol. The number of carbonyl (C=O) groups is 2. The Balaban J connectivity index is 4.84. The van der Waals surface area contributed by atoms with Gasteiger partial charge in [0.1, 0.15) is 0 Å². The number of allylic oxidation sites excluding steroid dienone is 2. The van der Waals surface area contributed by atoms with Gasteiger partial charge in [-0.15, -0.1) is 0 Å². The standard InChI is InChI=1S/C15H25NO3/c1-7-10(3)14(11(4)8-2)15(18)19-9-13(17)12(5)16-6/h7,12,16H,8-9H2,1-6H3/b10-7-,14-11+/t12-/m0/s1. The first kappa shape index (κ1) is 17.6. The lowest BCUT2D eigenvalue weighted by molar-refractivity contribution is -0.144. The Morgan fingerprint density at radius 3 is 2.32 bits per heavy atom. The maximum Gasteiger partial charge on any atom is 0.338 e. The average Bonchev–Trinajstić information content (AvgIpc) is 2.43. The molecule has 1 N–H and O–H groups in total. The molecule has 0 fully saturated rings. The van der Waals surface area contributed by atoms with Crippen molar-refractivity contribution in [2.45, 2.75) is 47.1 Å². The van der Waals surface area contributed by atoms with Crippen molar-refractivity contribution < 1.29 is 14.3 Å². The van der Waals surface area contributed by atoms with E-state index in [4.69, 9.17) is 4.74 Å². The summed E-state index contributed by atoms with van der Waals surface area (Å²) in [7, 11) is 1.70. The fourth-order valence-corrected chi connectivity index (χ4v) is 1.49. The molecule has 0 unspecified atom stereocenters. The number of carbonyl (C=O) groups excluding carboxylic acids is 2. The molecule has 0 aromatic heterocycles. The van der Waals surface area contributed by atoms with Crippen molar-refractivity contribution in [2.24, 2.45) is 0 Å². The molecule has 0 saturated heterocycles. The van der Waals surface area contributed by atoms with Gasteiger partial charge in [-0.2, -0.15) is 0 Å². The third-order valence-corrected chi connectivity index (χ3v) is 3.25. The second kappa shape index (κ2) is 8.64. The zero-order valence-electron chi connectivity index (χ0n) is 12.8. The van der Waals surface area contributed by atoms with Gasteiger partial charge in [0.15, 0.2) is 12.4 Å². The van der Waals surface area contributed by atoms with Crippen LogP contribution in [0.25, 0.3) is 0 Å². The number of hydrogen-bond donors (Lipinski definition) is 1. The Hall–Kier alpha value is -1.42. The highest BCUT2D eigenvalue weighted by Crippen LogP contribution is 2.18. The zero-order valence-corrected chi connectivity index (χ0v) is 12.8. The predicted molar refractivity (Wildman–Crippen MR) is 76.9 cm³/mol. The number of ether oxygens (including phenoxy) is 1. The van der Waals surface area contributed by atoms with Gasteiger partial charge in [-0.05, 0) is 46.7 Å². The van der Waals surface area contributed by atoms with E-state index in [1.165, 1.54) is 0 Å². The molecule has 0 rings (SSSR count). The van der Waals surface area contributed by atoms with E-state index in [2.05, 4.69) is 5.32 Å². The first-order chi connectivity index (χ1) is 8.88. The van der Waals surface area contributed by atoms with Crippen molar-refractivity contribution in [1.82, 2.24) is 5.32 Å². The SMILES string of the molecule is C/C=C(C)\C(C(=O)OCC(=O)[C@H](C)NC)=C(\C)CC. The number of nitrogens with one attached hydrogen (secondary N) is 1. The van der Waals surface area contributed by atoms with Crippen LogP contribution in [-0.4, -0.2) is 31.4 Å². The van der Waals surface area contributed by atoms with E-state index < -0.39 is 5.97 Å². The molecule has 0 radical (unpaired) electrons. The monoisotopic (exact) mass is 267 g/mol. The van der Waals surface area contributed by atoms with Gasteiger partial charge < -0.3 is 10.1 Å². The summed E-state index contributed by atoms with van der Waals surface area (Å²) in [6, 6.07) is -0.310. The third kappa shape index (κ3) is 5.39. The summed E-state index contributed by atoms with van der Waals surface area (Å²) in [5.41, 5.74) is 2.42. The molecule has 0 bridgehead atoms. The van der Waals surface area contributed by atoms with Crippen molar-refractivity contribution in [3.05, 3.63) is 22.8 Å². The molecule has 0 aliphatic carbocycles. The second-order valence-electron chi connectivity index (χ2n) is 4.53. The van der Waals surface area contributed by atoms with Gasteiger partial charge in [0, 0.05) is 0 Å². The molecule has 4 nitrogen and oxygen atoms in total. The van der Waals surface area contributed by atoms with Gasteiger partial charge >= 0.3 is 5.97 Å². The number of hydrogen-bond acceptors (Lipinski definition) is 4. The number of ketones is 1. The van der Waals surface area contributed by atoms with Gasteiger partial charge in [0.25, 0.3) is 0 Å². The molecule has 0 aliphatic heterocycles. The number of esters is 1. The molecule has 0 aromatic carbocycles. The van der Waals surface area contributed by atoms with Crippen molar-refractivity contribution in [1.29, 1.82) is 0 Å². The minimum absolute atomic E-state index is 0.137. The first-order valence-electron chi connectivity index (χ1n) is 6.59. The van der Waals surface area contributed by atoms with Crippen LogP contribution in [0.15, 0.2) is 22.8 Å². The van der Waals surface area contributed by atoms with Gasteiger partial charge in [-0.1, -0.05) is 18.6 Å². The summed E-state index contributed by atoms with van der Waals surface area (Å²) in [6.45, 7) is 9.18. The highest BCUT2D eigenvalue weighted by molar-refractivity contribution is 5.96. The maximum atomic E-state index is 12.1. The van der Waals surface area contributed by atoms with Crippen LogP contribution >= 0.6 is 0 Å². The van der Waals surface area contributed by atoms with E-state index in [1.807, 2.05) is 33.8 Å². The lowest BCUT2D eigenvalue weighted by atomic mass is 10.0. The maximum absolute atomic E-state index is 12.1. The summed E-state index contributed by atoms with van der Waals surface area (Å²) in [5.74, 6) is -0.561. The number of rotatable bonds is 7. The van der Waals surface area contributed by atoms with Crippen LogP contribution in [0.1, 0.15) is 41.0 Å². The van der Waals surface area contributed by atoms with Crippen molar-refractivity contribution in [3.63, 3.8) is 0 Å². The normalized spacial score (nSPS) is 14.7. The fourth-order valence-electron chi connectivity index (χ4n) is 1.49. The molecule has 4 heteroatoms. The topological polar surface area (TPSA) is 55.4 Å². The Morgan fingerprint density at radius 1 is 1.32 bits per heavy atom. The minimum atomic E-state index is -0.424. The molecule has 1 atom stereocenters. The second-order valence-corrected chi connectivity index (χ2v) is 4.53. The van der Waals surface area contributed by atoms with Crippen LogP contribution in [0.5, 0.6) is 0 Å². The summed E-state index contributed by atoms with van der Waals surface area (Å²) in [4.78, 5) is 23.7. The van der Waals surface area contributed by atoms with Crippen molar-refractivity contribution >= 4 is 11.8 Å². The highest BCUT2D eigenvalue weighted by atomic mass is 16.5. The van der Waals surface area contributed by atoms with E-state index in [1.54, 1.807) is 14.0 Å². The minimum Gasteiger partial charge on any atom is -0.454 e. The summed E-state index contributed by atoms with van der Waals surface area (Å²) >= 11 is 0. The quantitative estimate of drug-likeness (QED) is 0.437. The molecule has 0 heterocycles. The number of likely N-dealkylation sites (N-methyl/N-ethyl adjacent to an activating group) is 1. The lowest BCUT2D eigenvalue weighted by Gasteiger charge is -2.13. The molecule has 0 saturated carbocycles. The van der Waals surface area contributed by atoms with E-state index in [0.717, 1.165) is 17.6 Å². The summed E-state index contributed by atoms with van der Waals surface area (Å²) in [6.07, 6.45) is 2.64. The van der Waals surface area contributed by atoms with Gasteiger partial charge in [-0.3, -0.25) is 4.79 Å². The van der Waals surface area contributed by atoms with E-state index >= 15 is 0 Å². The molecule has 19 heavy (non-hydrogen) atoms. The molecule has 0 aromatic rings. The van der Waals surface area contributed by atoms with Gasteiger partial charge in [-0.25, -0.2) is 4.79 Å². The molecular formula is C15H25NO3. The Morgan fingerprint density at radius 2 is 1.89 bits per heavy atom. The lowest BCUT2D eigenvalue weighted by Crippen LogP contribution is -2.34. The Kier molecular flexibility index (Phi) is 8.00. The third-order valence-electron chi connectivity index (χ3n) is 3.25. The van der Waals surface area contributed by atoms with Crippen LogP contribution in [0.3, 0.4) is 0 Å². The highest BCUT2D eigenvalue weighted by Gasteiger charge is 2.18. The van der Waals surface area contributed by atoms with Crippen LogP contribution in [-0.2, 0) is 14.3 Å². The van der Waals surface area contributed by atoms with E-state index in [-0.39, 0.29) is 18.4 Å². The van der Waals surface area contributed by atoms with E-state index in [9.17, 15) is 9.59 Å².